The zero-order valence-corrected chi connectivity index (χ0v) is 10.0. The molecule has 1 N–H and O–H groups in total. The van der Waals surface area contributed by atoms with Gasteiger partial charge in [-0.3, -0.25) is 14.9 Å². The molecular formula is C12H14N2O4. The average Bonchev–Trinajstić information content (AvgIpc) is 2.85. The zero-order valence-electron chi connectivity index (χ0n) is 10.0. The van der Waals surface area contributed by atoms with E-state index in [9.17, 15) is 14.9 Å². The zero-order chi connectivity index (χ0) is 13.1. The largest absolute Gasteiger partial charge is 0.368 e. The van der Waals surface area contributed by atoms with Crippen LogP contribution in [0, 0.1) is 17.0 Å². The molecule has 1 aromatic carbocycles. The van der Waals surface area contributed by atoms with E-state index in [1.807, 2.05) is 0 Å². The molecule has 1 atom stereocenters. The lowest BCUT2D eigenvalue weighted by Gasteiger charge is -2.12. The Bertz CT molecular complexity index is 481. The summed E-state index contributed by atoms with van der Waals surface area (Å²) >= 11 is 0. The summed E-state index contributed by atoms with van der Waals surface area (Å²) in [7, 11) is 0. The van der Waals surface area contributed by atoms with Crippen LogP contribution in [-0.4, -0.2) is 23.5 Å². The van der Waals surface area contributed by atoms with E-state index in [2.05, 4.69) is 5.32 Å². The Balaban J connectivity index is 2.16. The van der Waals surface area contributed by atoms with E-state index in [-0.39, 0.29) is 11.6 Å². The number of nitro benzene ring substituents is 1. The van der Waals surface area contributed by atoms with Crippen LogP contribution in [-0.2, 0) is 9.53 Å². The van der Waals surface area contributed by atoms with Gasteiger partial charge in [-0.05, 0) is 25.8 Å². The van der Waals surface area contributed by atoms with Crippen molar-refractivity contribution in [3.05, 3.63) is 33.9 Å². The number of nitrogens with zero attached hydrogens (tertiary/aromatic N) is 1. The fourth-order valence-electron chi connectivity index (χ4n) is 1.95. The topological polar surface area (TPSA) is 81.5 Å². The van der Waals surface area contributed by atoms with E-state index in [0.29, 0.717) is 24.3 Å². The van der Waals surface area contributed by atoms with Crippen LogP contribution in [0.3, 0.4) is 0 Å². The van der Waals surface area contributed by atoms with Crippen molar-refractivity contribution < 1.29 is 14.5 Å². The first kappa shape index (κ1) is 12.5. The third kappa shape index (κ3) is 2.48. The molecule has 0 saturated carbocycles. The number of nitro groups is 1. The van der Waals surface area contributed by atoms with Gasteiger partial charge in [0.05, 0.1) is 16.2 Å². The first-order chi connectivity index (χ1) is 8.59. The second-order valence-corrected chi connectivity index (χ2v) is 4.20. The molecule has 0 unspecified atom stereocenters. The monoisotopic (exact) mass is 250 g/mol. The van der Waals surface area contributed by atoms with Crippen molar-refractivity contribution in [1.82, 2.24) is 0 Å². The van der Waals surface area contributed by atoms with Gasteiger partial charge in [0.25, 0.3) is 11.6 Å². The predicted octanol–water partition coefficient (Wildman–Crippen LogP) is 2.02. The summed E-state index contributed by atoms with van der Waals surface area (Å²) in [5.41, 5.74) is 0.915. The second kappa shape index (κ2) is 5.14. The summed E-state index contributed by atoms with van der Waals surface area (Å²) in [6.07, 6.45) is 1.12. The Kier molecular flexibility index (Phi) is 3.57. The molecule has 1 aliphatic rings. The summed E-state index contributed by atoms with van der Waals surface area (Å²) in [5.74, 6) is -0.240. The van der Waals surface area contributed by atoms with Gasteiger partial charge in [0, 0.05) is 12.7 Å². The van der Waals surface area contributed by atoms with Crippen LogP contribution in [0.15, 0.2) is 18.2 Å². The van der Waals surface area contributed by atoms with Crippen molar-refractivity contribution in [3.63, 3.8) is 0 Å². The molecule has 0 aliphatic carbocycles. The summed E-state index contributed by atoms with van der Waals surface area (Å²) in [4.78, 5) is 22.2. The number of benzene rings is 1. The van der Waals surface area contributed by atoms with Crippen molar-refractivity contribution in [2.24, 2.45) is 0 Å². The highest BCUT2D eigenvalue weighted by molar-refractivity contribution is 5.95. The molecule has 1 heterocycles. The number of hydrogen-bond donors (Lipinski definition) is 1. The lowest BCUT2D eigenvalue weighted by Crippen LogP contribution is -2.27. The van der Waals surface area contributed by atoms with Gasteiger partial charge in [-0.1, -0.05) is 6.07 Å². The maximum Gasteiger partial charge on any atom is 0.274 e. The third-order valence-electron chi connectivity index (χ3n) is 2.98. The number of ether oxygens (including phenoxy) is 1. The third-order valence-corrected chi connectivity index (χ3v) is 2.98. The van der Waals surface area contributed by atoms with Gasteiger partial charge in [-0.2, -0.15) is 0 Å². The van der Waals surface area contributed by atoms with Gasteiger partial charge >= 0.3 is 0 Å². The number of amides is 1. The summed E-state index contributed by atoms with van der Waals surface area (Å²) < 4.78 is 5.26. The molecule has 0 radical (unpaired) electrons. The Labute approximate surface area is 104 Å². The van der Waals surface area contributed by atoms with Gasteiger partial charge in [-0.15, -0.1) is 0 Å². The molecule has 2 rings (SSSR count). The fourth-order valence-corrected chi connectivity index (χ4v) is 1.95. The molecule has 1 aromatic rings. The van der Waals surface area contributed by atoms with E-state index >= 15 is 0 Å². The van der Waals surface area contributed by atoms with E-state index in [0.717, 1.165) is 6.42 Å². The number of rotatable bonds is 3. The maximum atomic E-state index is 11.8. The second-order valence-electron chi connectivity index (χ2n) is 4.20. The van der Waals surface area contributed by atoms with E-state index < -0.39 is 11.0 Å². The predicted molar refractivity (Wildman–Crippen MR) is 65.4 cm³/mol. The Morgan fingerprint density at radius 2 is 2.33 bits per heavy atom. The molecular weight excluding hydrogens is 236 g/mol. The molecule has 1 amide bonds. The van der Waals surface area contributed by atoms with Crippen LogP contribution in [0.4, 0.5) is 11.4 Å². The average molecular weight is 250 g/mol. The highest BCUT2D eigenvalue weighted by Crippen LogP contribution is 2.25. The Morgan fingerprint density at radius 3 is 2.94 bits per heavy atom. The van der Waals surface area contributed by atoms with Gasteiger partial charge in [0.1, 0.15) is 6.10 Å². The van der Waals surface area contributed by atoms with Crippen molar-refractivity contribution in [2.75, 3.05) is 11.9 Å². The normalized spacial score (nSPS) is 18.6. The van der Waals surface area contributed by atoms with Crippen LogP contribution in [0.25, 0.3) is 0 Å². The minimum atomic E-state index is -0.461. The van der Waals surface area contributed by atoms with Gasteiger partial charge < -0.3 is 10.1 Å². The Hall–Kier alpha value is -1.95. The number of carbonyl (C=O) groups is 1. The smallest absolute Gasteiger partial charge is 0.274 e. The summed E-state index contributed by atoms with van der Waals surface area (Å²) in [6.45, 7) is 2.20. The molecule has 0 spiro atoms. The van der Waals surface area contributed by atoms with Crippen LogP contribution in [0.5, 0.6) is 0 Å². The SMILES string of the molecule is Cc1c(NC(=O)[C@@H]2CCCO2)cccc1[N+](=O)[O-]. The van der Waals surface area contributed by atoms with Crippen LogP contribution >= 0.6 is 0 Å². The minimum absolute atomic E-state index is 0.000130. The number of carbonyl (C=O) groups excluding carboxylic acids is 1. The molecule has 96 valence electrons. The van der Waals surface area contributed by atoms with Crippen molar-refractivity contribution in [2.45, 2.75) is 25.9 Å². The highest BCUT2D eigenvalue weighted by Gasteiger charge is 2.24. The summed E-state index contributed by atoms with van der Waals surface area (Å²) in [6, 6.07) is 4.61. The van der Waals surface area contributed by atoms with Crippen molar-refractivity contribution in [1.29, 1.82) is 0 Å². The van der Waals surface area contributed by atoms with Crippen LogP contribution < -0.4 is 5.32 Å². The molecule has 0 bridgehead atoms. The molecule has 0 aromatic heterocycles. The summed E-state index contributed by atoms with van der Waals surface area (Å²) in [5, 5.41) is 13.5. The van der Waals surface area contributed by atoms with Gasteiger partial charge in [-0.25, -0.2) is 0 Å². The van der Waals surface area contributed by atoms with Crippen LogP contribution in [0.2, 0.25) is 0 Å². The molecule has 18 heavy (non-hydrogen) atoms. The van der Waals surface area contributed by atoms with Gasteiger partial charge in [0.2, 0.25) is 0 Å². The quantitative estimate of drug-likeness (QED) is 0.657. The minimum Gasteiger partial charge on any atom is -0.368 e. The lowest BCUT2D eigenvalue weighted by molar-refractivity contribution is -0.385. The first-order valence-corrected chi connectivity index (χ1v) is 5.76. The number of hydrogen-bond acceptors (Lipinski definition) is 4. The van der Waals surface area contributed by atoms with Crippen LogP contribution in [0.1, 0.15) is 18.4 Å². The van der Waals surface area contributed by atoms with E-state index in [1.165, 1.54) is 6.07 Å². The number of anilines is 1. The Morgan fingerprint density at radius 1 is 1.56 bits per heavy atom. The standard InChI is InChI=1S/C12H14N2O4/c1-8-9(4-2-5-10(8)14(16)17)13-12(15)11-6-3-7-18-11/h2,4-5,11H,3,6-7H2,1H3,(H,13,15)/t11-/m0/s1. The number of nitrogens with one attached hydrogen (secondary N) is 1. The lowest BCUT2D eigenvalue weighted by atomic mass is 10.1. The molecule has 1 fully saturated rings. The van der Waals surface area contributed by atoms with E-state index in [4.69, 9.17) is 4.74 Å². The molecule has 1 saturated heterocycles. The molecule has 6 nitrogen and oxygen atoms in total. The first-order valence-electron chi connectivity index (χ1n) is 5.76. The fraction of sp³-hybridized carbons (Fsp3) is 0.417. The van der Waals surface area contributed by atoms with E-state index in [1.54, 1.807) is 19.1 Å². The molecule has 6 heteroatoms. The van der Waals surface area contributed by atoms with Gasteiger partial charge in [0.15, 0.2) is 0 Å². The maximum absolute atomic E-state index is 11.8. The highest BCUT2D eigenvalue weighted by atomic mass is 16.6. The van der Waals surface area contributed by atoms with Crippen molar-refractivity contribution in [3.8, 4) is 0 Å². The molecule has 1 aliphatic heterocycles. The van der Waals surface area contributed by atoms with Crippen molar-refractivity contribution >= 4 is 17.3 Å².